The van der Waals surface area contributed by atoms with Crippen molar-refractivity contribution >= 4 is 39.9 Å². The lowest BCUT2D eigenvalue weighted by molar-refractivity contribution is 0.241. The summed E-state index contributed by atoms with van der Waals surface area (Å²) in [5.74, 6) is 1.37. The molecule has 1 saturated heterocycles. The predicted molar refractivity (Wildman–Crippen MR) is 115 cm³/mol. The Morgan fingerprint density at radius 2 is 1.93 bits per heavy atom. The molecule has 0 N–H and O–H groups in total. The smallest absolute Gasteiger partial charge is 0.262 e. The van der Waals surface area contributed by atoms with Gasteiger partial charge in [0, 0.05) is 13.1 Å². The van der Waals surface area contributed by atoms with E-state index in [1.165, 1.54) is 0 Å². The summed E-state index contributed by atoms with van der Waals surface area (Å²) >= 11 is 12.3. The van der Waals surface area contributed by atoms with Crippen molar-refractivity contribution in [3.8, 4) is 0 Å². The Morgan fingerprint density at radius 1 is 1.10 bits per heavy atom. The molecule has 2 aromatic carbocycles. The Labute approximate surface area is 177 Å². The van der Waals surface area contributed by atoms with Gasteiger partial charge in [0.05, 0.1) is 27.5 Å². The van der Waals surface area contributed by atoms with Crippen LogP contribution >= 0.6 is 23.2 Å². The van der Waals surface area contributed by atoms with Crippen molar-refractivity contribution in [2.75, 3.05) is 6.54 Å². The lowest BCUT2D eigenvalue weighted by Crippen LogP contribution is -2.25. The first-order valence-electron chi connectivity index (χ1n) is 9.55. The Hall–Kier alpha value is -2.41. The van der Waals surface area contributed by atoms with E-state index in [2.05, 4.69) is 15.1 Å². The largest absolute Gasteiger partial charge is 0.289 e. The molecule has 3 heterocycles. The molecule has 0 saturated carbocycles. The molecule has 5 rings (SSSR count). The maximum atomic E-state index is 12.6. The lowest BCUT2D eigenvalue weighted by Gasteiger charge is -2.24. The minimum atomic E-state index is -0.0677. The van der Waals surface area contributed by atoms with Crippen LogP contribution in [0.2, 0.25) is 10.0 Å². The number of aryl methyl sites for hydroxylation is 1. The molecule has 6 nitrogen and oxygen atoms in total. The second kappa shape index (κ2) is 7.13. The van der Waals surface area contributed by atoms with Crippen LogP contribution in [-0.4, -0.2) is 30.6 Å². The Morgan fingerprint density at radius 3 is 2.76 bits per heavy atom. The van der Waals surface area contributed by atoms with E-state index < -0.39 is 0 Å². The maximum absolute atomic E-state index is 12.6. The third kappa shape index (κ3) is 3.03. The molecule has 1 aliphatic rings. The molecule has 1 atom stereocenters. The zero-order valence-corrected chi connectivity index (χ0v) is 17.4. The average molecular weight is 428 g/mol. The zero-order chi connectivity index (χ0) is 20.1. The number of rotatable bonds is 3. The van der Waals surface area contributed by atoms with Crippen LogP contribution in [0.5, 0.6) is 0 Å². The summed E-state index contributed by atoms with van der Waals surface area (Å²) in [4.78, 5) is 15.0. The second-order valence-electron chi connectivity index (χ2n) is 7.44. The van der Waals surface area contributed by atoms with Crippen LogP contribution < -0.4 is 5.56 Å². The molecule has 1 unspecified atom stereocenters. The molecule has 0 aliphatic carbocycles. The third-order valence-electron chi connectivity index (χ3n) is 5.73. The van der Waals surface area contributed by atoms with Gasteiger partial charge >= 0.3 is 0 Å². The molecular weight excluding hydrogens is 409 g/mol. The van der Waals surface area contributed by atoms with Crippen LogP contribution in [0.4, 0.5) is 0 Å². The first-order chi connectivity index (χ1) is 14.0. The average Bonchev–Trinajstić information content (AvgIpc) is 3.36. The van der Waals surface area contributed by atoms with Gasteiger partial charge in [-0.25, -0.2) is 0 Å². The van der Waals surface area contributed by atoms with Gasteiger partial charge in [0.25, 0.3) is 5.56 Å². The van der Waals surface area contributed by atoms with Crippen LogP contribution in [-0.2, 0) is 13.6 Å². The van der Waals surface area contributed by atoms with Crippen molar-refractivity contribution in [1.29, 1.82) is 0 Å². The summed E-state index contributed by atoms with van der Waals surface area (Å²) in [5, 5.41) is 10.5. The fraction of sp³-hybridized carbons (Fsp3) is 0.286. The van der Waals surface area contributed by atoms with Gasteiger partial charge in [-0.3, -0.25) is 18.7 Å². The molecule has 0 radical (unpaired) electrons. The van der Waals surface area contributed by atoms with Crippen molar-refractivity contribution in [2.24, 2.45) is 7.05 Å². The highest BCUT2D eigenvalue weighted by Crippen LogP contribution is 2.35. The number of para-hydroxylation sites is 1. The predicted octanol–water partition coefficient (Wildman–Crippen LogP) is 4.23. The molecule has 29 heavy (non-hydrogen) atoms. The van der Waals surface area contributed by atoms with E-state index in [1.807, 2.05) is 46.9 Å². The maximum Gasteiger partial charge on any atom is 0.262 e. The minimum absolute atomic E-state index is 0.0677. The second-order valence-corrected chi connectivity index (χ2v) is 8.25. The highest BCUT2D eigenvalue weighted by molar-refractivity contribution is 6.42. The molecule has 8 heteroatoms. The molecule has 1 fully saturated rings. The number of hydrogen-bond donors (Lipinski definition) is 0. The molecule has 148 valence electrons. The summed E-state index contributed by atoms with van der Waals surface area (Å²) in [6.45, 7) is 1.60. The van der Waals surface area contributed by atoms with Crippen LogP contribution in [0.25, 0.3) is 16.7 Å². The van der Waals surface area contributed by atoms with E-state index >= 15 is 0 Å². The molecule has 0 bridgehead atoms. The van der Waals surface area contributed by atoms with Crippen LogP contribution in [0.1, 0.15) is 30.3 Å². The van der Waals surface area contributed by atoms with Gasteiger partial charge in [0.1, 0.15) is 0 Å². The zero-order valence-electron chi connectivity index (χ0n) is 15.8. The van der Waals surface area contributed by atoms with Crippen molar-refractivity contribution in [2.45, 2.75) is 25.4 Å². The molecular formula is C21H19Cl2N5O. The van der Waals surface area contributed by atoms with Gasteiger partial charge < -0.3 is 0 Å². The molecule has 1 aliphatic heterocycles. The van der Waals surface area contributed by atoms with Crippen molar-refractivity contribution in [1.82, 2.24) is 24.1 Å². The number of likely N-dealkylation sites (tertiary alicyclic amines) is 1. The van der Waals surface area contributed by atoms with Gasteiger partial charge in [-0.1, -0.05) is 41.4 Å². The number of hydrogen-bond acceptors (Lipinski definition) is 4. The Balaban J connectivity index is 1.58. The summed E-state index contributed by atoms with van der Waals surface area (Å²) in [6, 6.07) is 13.7. The highest BCUT2D eigenvalue weighted by atomic mass is 35.5. The summed E-state index contributed by atoms with van der Waals surface area (Å²) in [5.41, 5.74) is 1.92. The van der Waals surface area contributed by atoms with E-state index in [9.17, 15) is 4.79 Å². The summed E-state index contributed by atoms with van der Waals surface area (Å²) in [6.07, 6.45) is 2.15. The summed E-state index contributed by atoms with van der Waals surface area (Å²) < 4.78 is 3.54. The topological polar surface area (TPSA) is 55.4 Å². The van der Waals surface area contributed by atoms with Crippen LogP contribution in [0.15, 0.2) is 47.3 Å². The number of nitrogens with zero attached hydrogens (tertiary/aromatic N) is 5. The quantitative estimate of drug-likeness (QED) is 0.490. The SMILES string of the molecule is Cn1c(=O)c2ccccc2n2c(CN3CCCC3c3ccc(Cl)c(Cl)c3)nnc12. The lowest BCUT2D eigenvalue weighted by atomic mass is 10.0. The van der Waals surface area contributed by atoms with E-state index in [4.69, 9.17) is 23.2 Å². The first-order valence-corrected chi connectivity index (χ1v) is 10.3. The standard InChI is InChI=1S/C21H19Cl2N5O/c1-26-20(29)14-5-2-3-6-18(14)28-19(24-25-21(26)28)12-27-10-4-7-17(27)13-8-9-15(22)16(23)11-13/h2-3,5-6,8-9,11,17H,4,7,10,12H2,1H3. The van der Waals surface area contributed by atoms with E-state index in [-0.39, 0.29) is 11.6 Å². The van der Waals surface area contributed by atoms with Crippen LogP contribution in [0.3, 0.4) is 0 Å². The molecule has 0 amide bonds. The van der Waals surface area contributed by atoms with Gasteiger partial charge in [-0.15, -0.1) is 10.2 Å². The Bertz CT molecular complexity index is 1300. The summed E-state index contributed by atoms with van der Waals surface area (Å²) in [7, 11) is 1.73. The molecule has 2 aromatic heterocycles. The fourth-order valence-electron chi connectivity index (χ4n) is 4.29. The highest BCUT2D eigenvalue weighted by Gasteiger charge is 2.28. The van der Waals surface area contributed by atoms with E-state index in [0.717, 1.165) is 36.3 Å². The number of fused-ring (bicyclic) bond motifs is 3. The first kappa shape index (κ1) is 18.6. The van der Waals surface area contributed by atoms with Gasteiger partial charge in [0.15, 0.2) is 5.82 Å². The van der Waals surface area contributed by atoms with Crippen molar-refractivity contribution in [3.63, 3.8) is 0 Å². The van der Waals surface area contributed by atoms with E-state index in [0.29, 0.717) is 27.8 Å². The number of aromatic nitrogens is 4. The van der Waals surface area contributed by atoms with Crippen LogP contribution in [0, 0.1) is 0 Å². The van der Waals surface area contributed by atoms with E-state index in [1.54, 1.807) is 11.6 Å². The Kier molecular flexibility index (Phi) is 4.57. The fourth-order valence-corrected chi connectivity index (χ4v) is 4.60. The van der Waals surface area contributed by atoms with Gasteiger partial charge in [-0.2, -0.15) is 0 Å². The third-order valence-corrected chi connectivity index (χ3v) is 6.47. The number of benzene rings is 2. The molecule has 4 aromatic rings. The number of halogens is 2. The molecule has 0 spiro atoms. The van der Waals surface area contributed by atoms with Crippen molar-refractivity contribution in [3.05, 3.63) is 74.3 Å². The minimum Gasteiger partial charge on any atom is -0.289 e. The van der Waals surface area contributed by atoms with Crippen molar-refractivity contribution < 1.29 is 0 Å². The van der Waals surface area contributed by atoms with Gasteiger partial charge in [-0.05, 0) is 49.2 Å². The monoisotopic (exact) mass is 427 g/mol. The van der Waals surface area contributed by atoms with Gasteiger partial charge in [0.2, 0.25) is 5.78 Å². The normalized spacial score (nSPS) is 17.6.